The first-order valence-corrected chi connectivity index (χ1v) is 1.77. The van der Waals surface area contributed by atoms with Crippen LogP contribution in [-0.4, -0.2) is 22.2 Å². The molecule has 5 heteroatoms. The molecule has 44 valence electrons. The zero-order valence-electron chi connectivity index (χ0n) is 4.87. The van der Waals surface area contributed by atoms with Crippen molar-refractivity contribution in [2.24, 2.45) is 0 Å². The molecule has 0 fully saturated rings. The van der Waals surface area contributed by atoms with Gasteiger partial charge in [-0.3, -0.25) is 0 Å². The van der Waals surface area contributed by atoms with Crippen molar-refractivity contribution in [2.45, 2.75) is 0 Å². The van der Waals surface area contributed by atoms with Crippen molar-refractivity contribution >= 4 is 11.9 Å². The molecule has 0 amide bonds. The van der Waals surface area contributed by atoms with E-state index in [4.69, 9.17) is 10.2 Å². The summed E-state index contributed by atoms with van der Waals surface area (Å²) in [5, 5.41) is 15.6. The van der Waals surface area contributed by atoms with Gasteiger partial charge in [0.15, 0.2) is 0 Å². The van der Waals surface area contributed by atoms with Crippen LogP contribution in [0.25, 0.3) is 0 Å². The first kappa shape index (κ1) is 12.0. The standard InChI is InChI=1S/C4H4O4.K/c5-3(6)1-2-4(7)8;/h1-2H,(H,5,6)(H,7,8);/q;+1/b2-1+;. The van der Waals surface area contributed by atoms with Crippen LogP contribution in [-0.2, 0) is 9.59 Å². The molecule has 0 aromatic carbocycles. The van der Waals surface area contributed by atoms with Crippen LogP contribution >= 0.6 is 0 Å². The fourth-order valence-electron chi connectivity index (χ4n) is 0.143. The molecule has 0 unspecified atom stereocenters. The van der Waals surface area contributed by atoms with Gasteiger partial charge in [0, 0.05) is 12.2 Å². The van der Waals surface area contributed by atoms with Gasteiger partial charge in [0.2, 0.25) is 0 Å². The monoisotopic (exact) mass is 155 g/mol. The van der Waals surface area contributed by atoms with Crippen molar-refractivity contribution < 1.29 is 71.2 Å². The third-order valence-corrected chi connectivity index (χ3v) is 0.368. The fraction of sp³-hybridized carbons (Fsp3) is 0. The number of hydrogen-bond acceptors (Lipinski definition) is 2. The largest absolute Gasteiger partial charge is 1.00 e. The van der Waals surface area contributed by atoms with Gasteiger partial charge < -0.3 is 10.2 Å². The predicted molar refractivity (Wildman–Crippen MR) is 24.4 cm³/mol. The third-order valence-electron chi connectivity index (χ3n) is 0.368. The molecule has 0 aliphatic carbocycles. The van der Waals surface area contributed by atoms with Gasteiger partial charge in [-0.2, -0.15) is 0 Å². The van der Waals surface area contributed by atoms with E-state index in [1.165, 1.54) is 0 Å². The van der Waals surface area contributed by atoms with Gasteiger partial charge in [0.25, 0.3) is 0 Å². The zero-order valence-corrected chi connectivity index (χ0v) is 7.99. The fourth-order valence-corrected chi connectivity index (χ4v) is 0.143. The van der Waals surface area contributed by atoms with Gasteiger partial charge in [-0.15, -0.1) is 0 Å². The van der Waals surface area contributed by atoms with Gasteiger partial charge in [-0.05, 0) is 0 Å². The summed E-state index contributed by atoms with van der Waals surface area (Å²) in [5.41, 5.74) is 0. The molecule has 0 aromatic heterocycles. The maximum atomic E-state index is 9.55. The van der Waals surface area contributed by atoms with E-state index in [0.717, 1.165) is 0 Å². The molecule has 0 spiro atoms. The second kappa shape index (κ2) is 6.44. The molecule has 0 aromatic rings. The smallest absolute Gasteiger partial charge is 0.478 e. The minimum Gasteiger partial charge on any atom is -0.478 e. The molecule has 0 saturated carbocycles. The number of carboxylic acids is 2. The zero-order chi connectivity index (χ0) is 6.57. The van der Waals surface area contributed by atoms with Crippen LogP contribution in [0.1, 0.15) is 0 Å². The second-order valence-electron chi connectivity index (χ2n) is 1.01. The Morgan fingerprint density at radius 3 is 1.33 bits per heavy atom. The molecule has 0 rings (SSSR count). The van der Waals surface area contributed by atoms with E-state index < -0.39 is 11.9 Å². The maximum Gasteiger partial charge on any atom is 1.00 e. The first-order chi connectivity index (χ1) is 3.63. The molecular formula is C4H4KO4+. The van der Waals surface area contributed by atoms with E-state index in [-0.39, 0.29) is 51.4 Å². The molecule has 0 saturated heterocycles. The molecule has 9 heavy (non-hydrogen) atoms. The van der Waals surface area contributed by atoms with Crippen molar-refractivity contribution in [3.8, 4) is 0 Å². The molecule has 0 radical (unpaired) electrons. The Labute approximate surface area is 94.0 Å². The molecule has 4 nitrogen and oxygen atoms in total. The number of hydrogen-bond donors (Lipinski definition) is 2. The average Bonchev–Trinajstić information content (AvgIpc) is 1.61. The number of rotatable bonds is 2. The summed E-state index contributed by atoms with van der Waals surface area (Å²) in [6.07, 6.45) is 1.12. The van der Waals surface area contributed by atoms with E-state index >= 15 is 0 Å². The van der Waals surface area contributed by atoms with E-state index in [9.17, 15) is 9.59 Å². The molecule has 0 heterocycles. The normalized spacial score (nSPS) is 8.44. The summed E-state index contributed by atoms with van der Waals surface area (Å²) in [4.78, 5) is 19.1. The van der Waals surface area contributed by atoms with E-state index in [0.29, 0.717) is 12.2 Å². The van der Waals surface area contributed by atoms with Crippen molar-refractivity contribution in [1.82, 2.24) is 0 Å². The Balaban J connectivity index is 0. The Bertz CT molecular complexity index is 124. The Morgan fingerprint density at radius 2 is 1.22 bits per heavy atom. The summed E-state index contributed by atoms with van der Waals surface area (Å²) < 4.78 is 0. The molecule has 0 bridgehead atoms. The molecular weight excluding hydrogens is 151 g/mol. The number of carboxylic acid groups (broad SMARTS) is 2. The first-order valence-electron chi connectivity index (χ1n) is 1.77. The topological polar surface area (TPSA) is 74.6 Å². The second-order valence-corrected chi connectivity index (χ2v) is 1.01. The van der Waals surface area contributed by atoms with Crippen molar-refractivity contribution in [1.29, 1.82) is 0 Å². The quantitative estimate of drug-likeness (QED) is 0.324. The van der Waals surface area contributed by atoms with Crippen LogP contribution < -0.4 is 51.4 Å². The van der Waals surface area contributed by atoms with Crippen molar-refractivity contribution in [3.05, 3.63) is 12.2 Å². The SMILES string of the molecule is O=C(O)/C=C/C(=O)O.[K+]. The van der Waals surface area contributed by atoms with Gasteiger partial charge in [-0.1, -0.05) is 0 Å². The Morgan fingerprint density at radius 1 is 1.00 bits per heavy atom. The van der Waals surface area contributed by atoms with Crippen LogP contribution in [0.2, 0.25) is 0 Å². The summed E-state index contributed by atoms with van der Waals surface area (Å²) in [6, 6.07) is 0. The molecule has 0 atom stereocenters. The van der Waals surface area contributed by atoms with Gasteiger partial charge in [0.1, 0.15) is 0 Å². The van der Waals surface area contributed by atoms with Gasteiger partial charge in [0.05, 0.1) is 0 Å². The predicted octanol–water partition coefficient (Wildman–Crippen LogP) is -3.28. The number of aliphatic carboxylic acids is 2. The van der Waals surface area contributed by atoms with Gasteiger partial charge in [-0.25, -0.2) is 9.59 Å². The van der Waals surface area contributed by atoms with E-state index in [2.05, 4.69) is 0 Å². The third kappa shape index (κ3) is 11.7. The maximum absolute atomic E-state index is 9.55. The summed E-state index contributed by atoms with van der Waals surface area (Å²) >= 11 is 0. The van der Waals surface area contributed by atoms with Crippen LogP contribution in [0.4, 0.5) is 0 Å². The van der Waals surface area contributed by atoms with Crippen LogP contribution in [0.3, 0.4) is 0 Å². The Kier molecular flexibility index (Phi) is 8.61. The van der Waals surface area contributed by atoms with Crippen molar-refractivity contribution in [2.75, 3.05) is 0 Å². The minimum atomic E-state index is -1.26. The van der Waals surface area contributed by atoms with Crippen LogP contribution in [0, 0.1) is 0 Å². The van der Waals surface area contributed by atoms with Crippen molar-refractivity contribution in [3.63, 3.8) is 0 Å². The minimum absolute atomic E-state index is 0. The van der Waals surface area contributed by atoms with Crippen LogP contribution in [0.15, 0.2) is 12.2 Å². The average molecular weight is 155 g/mol. The van der Waals surface area contributed by atoms with E-state index in [1.54, 1.807) is 0 Å². The summed E-state index contributed by atoms with van der Waals surface area (Å²) in [7, 11) is 0. The van der Waals surface area contributed by atoms with Crippen LogP contribution in [0.5, 0.6) is 0 Å². The van der Waals surface area contributed by atoms with E-state index in [1.807, 2.05) is 0 Å². The Hall–Kier alpha value is 0.316. The molecule has 0 aliphatic heterocycles. The molecule has 0 aliphatic rings. The molecule has 2 N–H and O–H groups in total. The number of carbonyl (C=O) groups is 2. The summed E-state index contributed by atoms with van der Waals surface area (Å²) in [6.45, 7) is 0. The summed E-state index contributed by atoms with van der Waals surface area (Å²) in [5.74, 6) is -2.51. The van der Waals surface area contributed by atoms with Gasteiger partial charge >= 0.3 is 63.3 Å².